The second kappa shape index (κ2) is 51.1. The van der Waals surface area contributed by atoms with E-state index in [0.717, 1.165) is 137 Å². The normalized spacial score (nSPS) is 13.5. The molecule has 0 unspecified atom stereocenters. The topological polar surface area (TPSA) is 154 Å². The van der Waals surface area contributed by atoms with Gasteiger partial charge in [-0.25, -0.2) is 4.90 Å². The molecule has 4 N–H and O–H groups in total. The Morgan fingerprint density at radius 3 is 0.887 bits per heavy atom. The molecule has 0 aromatic heterocycles. The fourth-order valence-corrected chi connectivity index (χ4v) is 12.9. The molecule has 0 spiro atoms. The molecule has 0 fully saturated rings. The van der Waals surface area contributed by atoms with Gasteiger partial charge in [-0.3, -0.25) is 9.59 Å². The summed E-state index contributed by atoms with van der Waals surface area (Å²) in [6, 6.07) is 23.2. The summed E-state index contributed by atoms with van der Waals surface area (Å²) in [6.07, 6.45) is 54.4. The summed E-state index contributed by atoms with van der Waals surface area (Å²) in [5.74, 6) is 5.43. The van der Waals surface area contributed by atoms with Crippen molar-refractivity contribution in [2.24, 2.45) is 23.7 Å². The molecule has 0 radical (unpaired) electrons. The van der Waals surface area contributed by atoms with Gasteiger partial charge in [-0.15, -0.1) is 0 Å². The van der Waals surface area contributed by atoms with Crippen LogP contribution in [0.4, 0.5) is 17.1 Å². The first kappa shape index (κ1) is 87.6. The van der Waals surface area contributed by atoms with E-state index in [9.17, 15) is 9.59 Å². The van der Waals surface area contributed by atoms with Gasteiger partial charge in [-0.05, 0) is 115 Å². The molecule has 5 aromatic rings. The highest BCUT2D eigenvalue weighted by atomic mass is 16.5. The number of rotatable bonds is 59. The first-order chi connectivity index (χ1) is 51.7. The lowest BCUT2D eigenvalue weighted by Gasteiger charge is -2.19. The number of hydrogen-bond acceptors (Lipinski definition) is 11. The van der Waals surface area contributed by atoms with Crippen LogP contribution in [0, 0.1) is 23.7 Å². The number of anilines is 3. The minimum absolute atomic E-state index is 0.137. The molecule has 0 saturated carbocycles. The Morgan fingerprint density at radius 1 is 0.311 bits per heavy atom. The van der Waals surface area contributed by atoms with Gasteiger partial charge in [-0.2, -0.15) is 0 Å². The summed E-state index contributed by atoms with van der Waals surface area (Å²) >= 11 is 0. The van der Waals surface area contributed by atoms with Crippen molar-refractivity contribution >= 4 is 65.3 Å². The summed E-state index contributed by atoms with van der Waals surface area (Å²) in [7, 11) is 0. The number of imide groups is 1. The molecule has 1 aliphatic rings. The molecule has 6 rings (SSSR count). The van der Waals surface area contributed by atoms with E-state index < -0.39 is 11.8 Å². The Balaban J connectivity index is 1.38. The number of benzene rings is 5. The predicted molar refractivity (Wildman–Crippen MR) is 451 cm³/mol. The number of amides is 2. The summed E-state index contributed by atoms with van der Waals surface area (Å²) in [6.45, 7) is 28.5. The molecule has 5 aromatic carbocycles. The van der Waals surface area contributed by atoms with Gasteiger partial charge in [0.15, 0.2) is 11.5 Å². The third-order valence-electron chi connectivity index (χ3n) is 21.1. The van der Waals surface area contributed by atoms with Crippen molar-refractivity contribution in [3.63, 3.8) is 0 Å². The number of carbonyl (C=O) groups is 2. The molecule has 1 heterocycles. The quantitative estimate of drug-likeness (QED) is 0.0165. The number of unbranched alkanes of at least 4 members (excludes halogenated alkanes) is 27. The summed E-state index contributed by atoms with van der Waals surface area (Å²) in [4.78, 5) is 28.4. The zero-order valence-corrected chi connectivity index (χ0v) is 68.0. The highest BCUT2D eigenvalue weighted by molar-refractivity contribution is 6.37. The van der Waals surface area contributed by atoms with Crippen molar-refractivity contribution in [3.05, 3.63) is 117 Å². The van der Waals surface area contributed by atoms with E-state index in [4.69, 9.17) is 44.6 Å². The third kappa shape index (κ3) is 30.7. The molecule has 0 saturated heterocycles. The van der Waals surface area contributed by atoms with Gasteiger partial charge in [0, 0.05) is 33.6 Å². The van der Waals surface area contributed by atoms with Crippen LogP contribution in [0.25, 0.3) is 36.5 Å². The molecule has 586 valence electrons. The number of nitrogens with two attached hydrogens (primary N) is 2. The standard InChI is InChI=1S/C94H141N3O9/c1-12-19-22-25-28-31-34-37-40-43-58-100-88-61-76(62-89(101-59-44-41-38-35-32-29-26-23-20-13-2)92(88)102-60-45-42-39-36-33-30-27-24-21-14-3)47-51-78-64-87(106-70-74(11)18-7)80(66-85(78)104-68-72(9)16-5)53-52-79-65-84(103-67-71(8)15-4)77(63-86(79)105-69-73(10)17-6)50-46-75-48-54-81(55-49-75)97-93(98)90-82(95)56-57-83(96)91(90)94(97)99/h46-57,61-66,71-74H,12-45,58-60,67-70,95-96H2,1-11H3/b50-46+,51-47+,53-52+/t71-,72-,73-,74-/m0/s1. The fraction of sp³-hybridized carbons (Fsp3) is 0.596. The van der Waals surface area contributed by atoms with Crippen LogP contribution in [0.1, 0.15) is 349 Å². The molecule has 2 amide bonds. The van der Waals surface area contributed by atoms with Gasteiger partial charge in [0.05, 0.1) is 63.1 Å². The van der Waals surface area contributed by atoms with Crippen molar-refractivity contribution < 1.29 is 42.7 Å². The Hall–Kier alpha value is -7.34. The molecule has 4 atom stereocenters. The van der Waals surface area contributed by atoms with Crippen LogP contribution in [0.3, 0.4) is 0 Å². The van der Waals surface area contributed by atoms with Crippen molar-refractivity contribution in [1.82, 2.24) is 0 Å². The van der Waals surface area contributed by atoms with Crippen LogP contribution in [0.2, 0.25) is 0 Å². The van der Waals surface area contributed by atoms with E-state index in [-0.39, 0.29) is 22.5 Å². The van der Waals surface area contributed by atoms with Gasteiger partial charge in [-0.1, -0.05) is 324 Å². The highest BCUT2D eigenvalue weighted by Gasteiger charge is 2.40. The van der Waals surface area contributed by atoms with Crippen molar-refractivity contribution in [1.29, 1.82) is 0 Å². The Labute approximate surface area is 642 Å². The monoisotopic (exact) mass is 1460 g/mol. The van der Waals surface area contributed by atoms with Gasteiger partial charge in [0.1, 0.15) is 23.0 Å². The zero-order chi connectivity index (χ0) is 76.1. The van der Waals surface area contributed by atoms with E-state index in [1.54, 1.807) is 24.3 Å². The molecule has 12 heteroatoms. The first-order valence-electron chi connectivity index (χ1n) is 42.3. The second-order valence-corrected chi connectivity index (χ2v) is 30.6. The number of nitrogen functional groups attached to an aromatic ring is 2. The number of nitrogens with zero attached hydrogens (tertiary/aromatic N) is 1. The first-order valence-corrected chi connectivity index (χ1v) is 42.3. The summed E-state index contributed by atoms with van der Waals surface area (Å²) in [5, 5.41) is 0. The Bertz CT molecular complexity index is 3320. The lowest BCUT2D eigenvalue weighted by Crippen LogP contribution is -2.29. The van der Waals surface area contributed by atoms with Gasteiger partial charge in [0.2, 0.25) is 5.75 Å². The second-order valence-electron chi connectivity index (χ2n) is 30.6. The van der Waals surface area contributed by atoms with Gasteiger partial charge in [0.25, 0.3) is 11.8 Å². The summed E-state index contributed by atoms with van der Waals surface area (Å²) < 4.78 is 48.0. The molecule has 12 nitrogen and oxygen atoms in total. The molecular formula is C94H141N3O9. The maximum Gasteiger partial charge on any atom is 0.268 e. The average Bonchev–Trinajstić information content (AvgIpc) is 1.60. The van der Waals surface area contributed by atoms with Gasteiger partial charge >= 0.3 is 0 Å². The molecule has 106 heavy (non-hydrogen) atoms. The highest BCUT2D eigenvalue weighted by Crippen LogP contribution is 2.43. The summed E-state index contributed by atoms with van der Waals surface area (Å²) in [5.41, 5.74) is 18.8. The largest absolute Gasteiger partial charge is 0.493 e. The van der Waals surface area contributed by atoms with Crippen LogP contribution in [0.15, 0.2) is 72.8 Å². The van der Waals surface area contributed by atoms with Crippen molar-refractivity contribution in [2.45, 2.75) is 294 Å². The smallest absolute Gasteiger partial charge is 0.268 e. The van der Waals surface area contributed by atoms with Crippen LogP contribution in [0.5, 0.6) is 40.2 Å². The Kier molecular flexibility index (Phi) is 42.2. The van der Waals surface area contributed by atoms with Crippen LogP contribution in [-0.4, -0.2) is 58.1 Å². The predicted octanol–water partition coefficient (Wildman–Crippen LogP) is 26.8. The van der Waals surface area contributed by atoms with Crippen molar-refractivity contribution in [2.75, 3.05) is 62.6 Å². The maximum atomic E-state index is 13.6. The van der Waals surface area contributed by atoms with E-state index in [1.807, 2.05) is 24.3 Å². The van der Waals surface area contributed by atoms with E-state index in [1.165, 1.54) is 154 Å². The minimum Gasteiger partial charge on any atom is -0.493 e. The lowest BCUT2D eigenvalue weighted by molar-refractivity contribution is 0.0926. The number of carbonyl (C=O) groups excluding carboxylic acids is 2. The van der Waals surface area contributed by atoms with Crippen molar-refractivity contribution in [3.8, 4) is 40.2 Å². The lowest BCUT2D eigenvalue weighted by atomic mass is 10.0. The minimum atomic E-state index is -0.494. The van der Waals surface area contributed by atoms with Crippen LogP contribution >= 0.6 is 0 Å². The number of fused-ring (bicyclic) bond motifs is 1. The molecule has 1 aliphatic heterocycles. The average molecular weight is 1460 g/mol. The van der Waals surface area contributed by atoms with Crippen LogP contribution in [-0.2, 0) is 0 Å². The molecule has 0 bridgehead atoms. The van der Waals surface area contributed by atoms with E-state index in [2.05, 4.69) is 137 Å². The van der Waals surface area contributed by atoms with Crippen LogP contribution < -0.4 is 49.5 Å². The van der Waals surface area contributed by atoms with Gasteiger partial charge < -0.3 is 44.6 Å². The zero-order valence-electron chi connectivity index (χ0n) is 68.0. The fourth-order valence-electron chi connectivity index (χ4n) is 12.9. The Morgan fingerprint density at radius 2 is 0.585 bits per heavy atom. The molecular weight excluding hydrogens is 1320 g/mol. The number of ether oxygens (including phenoxy) is 7. The van der Waals surface area contributed by atoms with E-state index >= 15 is 0 Å². The number of hydrogen-bond donors (Lipinski definition) is 2. The third-order valence-corrected chi connectivity index (χ3v) is 21.1. The maximum absolute atomic E-state index is 13.6. The molecule has 0 aliphatic carbocycles. The van der Waals surface area contributed by atoms with E-state index in [0.29, 0.717) is 81.4 Å². The SMILES string of the molecule is CCCCCCCCCCCCOc1cc(/C=C/c2cc(OC[C@@H](C)CC)c(/C=C/c3cc(OC[C@@H](C)CC)c(/C=C/c4ccc(N5C(=O)c6c(N)ccc(N)c6C5=O)cc4)cc3OC[C@@H](C)CC)cc2OC[C@@H](C)CC)cc(OCCCCCCCCCCCC)c1OCCCCCCCCCCCC.